The minimum atomic E-state index is -0.820. The Kier molecular flexibility index (Phi) is 5.24. The maximum atomic E-state index is 11.2. The smallest absolute Gasteiger partial charge is 0.407 e. The van der Waals surface area contributed by atoms with Crippen LogP contribution < -0.4 is 0 Å². The molecule has 0 unspecified atom stereocenters. The molecule has 1 aromatic rings. The molecular weight excluding hydrogens is 316 g/mol. The lowest BCUT2D eigenvalue weighted by molar-refractivity contribution is 0.130. The maximum Gasteiger partial charge on any atom is 0.407 e. The molecule has 1 amide bonds. The molecule has 0 bridgehead atoms. The molecule has 1 N–H and O–H groups in total. The lowest BCUT2D eigenvalue weighted by atomic mass is 9.71. The number of rotatable bonds is 2. The molecule has 1 aliphatic carbocycles. The Morgan fingerprint density at radius 1 is 1.28 bits per heavy atom. The largest absolute Gasteiger partial charge is 0.465 e. The van der Waals surface area contributed by atoms with Gasteiger partial charge in [-0.25, -0.2) is 4.79 Å². The van der Waals surface area contributed by atoms with E-state index in [-0.39, 0.29) is 0 Å². The summed E-state index contributed by atoms with van der Waals surface area (Å²) in [6.45, 7) is 4.94. The first-order valence-corrected chi connectivity index (χ1v) is 9.10. The number of amides is 1. The molecule has 2 heterocycles. The molecule has 1 saturated heterocycles. The van der Waals surface area contributed by atoms with Crippen LogP contribution in [0.2, 0.25) is 0 Å². The van der Waals surface area contributed by atoms with Crippen LogP contribution in [0.1, 0.15) is 43.4 Å². The third kappa shape index (κ3) is 3.77. The Morgan fingerprint density at radius 2 is 2.04 bits per heavy atom. The van der Waals surface area contributed by atoms with Gasteiger partial charge in [0.05, 0.1) is 17.2 Å². The van der Waals surface area contributed by atoms with E-state index in [1.54, 1.807) is 0 Å². The highest BCUT2D eigenvalue weighted by Crippen LogP contribution is 2.39. The summed E-state index contributed by atoms with van der Waals surface area (Å²) in [6.07, 6.45) is 5.49. The number of nitrogens with zero attached hydrogens (tertiary/aromatic N) is 4. The van der Waals surface area contributed by atoms with E-state index < -0.39 is 11.5 Å². The Morgan fingerprint density at radius 3 is 2.64 bits per heavy atom. The summed E-state index contributed by atoms with van der Waals surface area (Å²) in [4.78, 5) is 19.6. The Bertz CT molecular complexity index is 644. The molecular formula is C19H26N4O2. The summed E-state index contributed by atoms with van der Waals surface area (Å²) >= 11 is 0. The normalized spacial score (nSPS) is 28.2. The summed E-state index contributed by atoms with van der Waals surface area (Å²) in [6, 6.07) is 7.02. The van der Waals surface area contributed by atoms with E-state index in [1.807, 2.05) is 25.3 Å². The molecule has 2 aliphatic rings. The van der Waals surface area contributed by atoms with E-state index in [1.165, 1.54) is 4.90 Å². The molecule has 25 heavy (non-hydrogen) atoms. The van der Waals surface area contributed by atoms with Gasteiger partial charge in [0, 0.05) is 38.4 Å². The van der Waals surface area contributed by atoms with Crippen molar-refractivity contribution in [2.75, 3.05) is 26.2 Å². The van der Waals surface area contributed by atoms with E-state index in [4.69, 9.17) is 0 Å². The van der Waals surface area contributed by atoms with Gasteiger partial charge in [-0.2, -0.15) is 5.26 Å². The van der Waals surface area contributed by atoms with Crippen molar-refractivity contribution in [1.82, 2.24) is 14.8 Å². The zero-order valence-electron chi connectivity index (χ0n) is 14.8. The van der Waals surface area contributed by atoms with Crippen molar-refractivity contribution in [2.24, 2.45) is 0 Å². The molecule has 0 radical (unpaired) electrons. The van der Waals surface area contributed by atoms with Crippen molar-refractivity contribution < 1.29 is 9.90 Å². The van der Waals surface area contributed by atoms with Gasteiger partial charge in [0.15, 0.2) is 0 Å². The van der Waals surface area contributed by atoms with Gasteiger partial charge in [0.1, 0.15) is 0 Å². The van der Waals surface area contributed by atoms with Gasteiger partial charge in [0.25, 0.3) is 0 Å². The van der Waals surface area contributed by atoms with Crippen LogP contribution in [-0.2, 0) is 5.41 Å². The number of aryl methyl sites for hydroxylation is 1. The van der Waals surface area contributed by atoms with Crippen molar-refractivity contribution in [3.63, 3.8) is 0 Å². The Balaban J connectivity index is 1.63. The molecule has 1 saturated carbocycles. The highest BCUT2D eigenvalue weighted by Gasteiger charge is 2.40. The molecule has 0 spiro atoms. The molecule has 0 atom stereocenters. The van der Waals surface area contributed by atoms with Crippen molar-refractivity contribution in [3.05, 3.63) is 29.6 Å². The number of aromatic nitrogens is 1. The van der Waals surface area contributed by atoms with Gasteiger partial charge >= 0.3 is 6.09 Å². The quantitative estimate of drug-likeness (QED) is 0.894. The first-order chi connectivity index (χ1) is 12.0. The monoisotopic (exact) mass is 342 g/mol. The number of carbonyl (C=O) groups is 1. The second-order valence-electron chi connectivity index (χ2n) is 7.31. The van der Waals surface area contributed by atoms with Crippen molar-refractivity contribution >= 4 is 6.09 Å². The van der Waals surface area contributed by atoms with Gasteiger partial charge in [-0.3, -0.25) is 9.88 Å². The summed E-state index contributed by atoms with van der Waals surface area (Å²) in [5, 5.41) is 19.0. The molecule has 134 valence electrons. The number of hydrogen-bond donors (Lipinski definition) is 1. The number of carboxylic acid groups (broad SMARTS) is 1. The molecule has 1 aliphatic heterocycles. The minimum absolute atomic E-state index is 0.445. The minimum Gasteiger partial charge on any atom is -0.465 e. The second-order valence-corrected chi connectivity index (χ2v) is 7.31. The summed E-state index contributed by atoms with van der Waals surface area (Å²) in [7, 11) is 0. The van der Waals surface area contributed by atoms with Crippen LogP contribution in [0, 0.1) is 18.3 Å². The van der Waals surface area contributed by atoms with E-state index >= 15 is 0 Å². The fraction of sp³-hybridized carbons (Fsp3) is 0.632. The van der Waals surface area contributed by atoms with Crippen LogP contribution in [0.4, 0.5) is 4.79 Å². The summed E-state index contributed by atoms with van der Waals surface area (Å²) in [5.41, 5.74) is 1.54. The van der Waals surface area contributed by atoms with Crippen molar-refractivity contribution in [2.45, 2.75) is 50.5 Å². The predicted octanol–water partition coefficient (Wildman–Crippen LogP) is 2.78. The van der Waals surface area contributed by atoms with Crippen LogP contribution in [-0.4, -0.2) is 58.2 Å². The average Bonchev–Trinajstić information content (AvgIpc) is 2.89. The first kappa shape index (κ1) is 17.7. The van der Waals surface area contributed by atoms with Crippen LogP contribution >= 0.6 is 0 Å². The topological polar surface area (TPSA) is 80.5 Å². The van der Waals surface area contributed by atoms with E-state index in [0.29, 0.717) is 19.1 Å². The lowest BCUT2D eigenvalue weighted by Crippen LogP contribution is -2.44. The number of hydrogen-bond acceptors (Lipinski definition) is 4. The second kappa shape index (κ2) is 7.40. The summed E-state index contributed by atoms with van der Waals surface area (Å²) < 4.78 is 0. The number of nitriles is 1. The van der Waals surface area contributed by atoms with Crippen LogP contribution in [0.5, 0.6) is 0 Å². The lowest BCUT2D eigenvalue weighted by Gasteiger charge is -2.39. The maximum absolute atomic E-state index is 11.2. The van der Waals surface area contributed by atoms with E-state index in [2.05, 4.69) is 16.0 Å². The fourth-order valence-electron chi connectivity index (χ4n) is 4.13. The average molecular weight is 342 g/mol. The molecule has 6 nitrogen and oxygen atoms in total. The van der Waals surface area contributed by atoms with E-state index in [0.717, 1.165) is 56.5 Å². The SMILES string of the molecule is Cc1ccc(C2(C#N)CCC(N3CCCN(C(=O)O)CC3)CC2)nc1. The third-order valence-corrected chi connectivity index (χ3v) is 5.74. The Hall–Kier alpha value is -2.13. The van der Waals surface area contributed by atoms with Gasteiger partial charge in [0.2, 0.25) is 0 Å². The van der Waals surface area contributed by atoms with Gasteiger partial charge in [-0.05, 0) is 50.7 Å². The standard InChI is InChI=1S/C19H26N4O2/c1-15-3-4-17(21-13-15)19(14-20)7-5-16(6-8-19)22-9-2-10-23(12-11-22)18(24)25/h3-4,13,16H,2,5-12H2,1H3,(H,24,25). The first-order valence-electron chi connectivity index (χ1n) is 9.10. The Labute approximate surface area is 149 Å². The number of pyridine rings is 1. The highest BCUT2D eigenvalue weighted by atomic mass is 16.4. The zero-order valence-corrected chi connectivity index (χ0v) is 14.8. The van der Waals surface area contributed by atoms with Crippen LogP contribution in [0.3, 0.4) is 0 Å². The zero-order chi connectivity index (χ0) is 17.9. The van der Waals surface area contributed by atoms with E-state index in [9.17, 15) is 15.2 Å². The van der Waals surface area contributed by atoms with Gasteiger partial charge in [-0.1, -0.05) is 6.07 Å². The van der Waals surface area contributed by atoms with Crippen molar-refractivity contribution in [1.29, 1.82) is 5.26 Å². The van der Waals surface area contributed by atoms with Crippen LogP contribution in [0.15, 0.2) is 18.3 Å². The third-order valence-electron chi connectivity index (χ3n) is 5.74. The molecule has 2 fully saturated rings. The predicted molar refractivity (Wildman–Crippen MR) is 94.3 cm³/mol. The summed E-state index contributed by atoms with van der Waals surface area (Å²) in [5.74, 6) is 0. The van der Waals surface area contributed by atoms with Crippen LogP contribution in [0.25, 0.3) is 0 Å². The highest BCUT2D eigenvalue weighted by molar-refractivity contribution is 5.64. The van der Waals surface area contributed by atoms with Gasteiger partial charge in [-0.15, -0.1) is 0 Å². The molecule has 1 aromatic heterocycles. The molecule has 3 rings (SSSR count). The molecule has 6 heteroatoms. The fourth-order valence-corrected chi connectivity index (χ4v) is 4.13. The molecule has 0 aromatic carbocycles. The van der Waals surface area contributed by atoms with Gasteiger partial charge < -0.3 is 10.0 Å². The van der Waals surface area contributed by atoms with Crippen molar-refractivity contribution in [3.8, 4) is 6.07 Å².